The van der Waals surface area contributed by atoms with Crippen molar-refractivity contribution in [3.8, 4) is 11.5 Å². The number of hydrogen-bond donors (Lipinski definition) is 1. The molecule has 2 unspecified atom stereocenters. The first-order chi connectivity index (χ1) is 11.0. The summed E-state index contributed by atoms with van der Waals surface area (Å²) in [5, 5.41) is 0. The highest BCUT2D eigenvalue weighted by Crippen LogP contribution is 2.38. The maximum Gasteiger partial charge on any atom is 0.243 e. The van der Waals surface area contributed by atoms with Gasteiger partial charge in [-0.25, -0.2) is 8.42 Å². The van der Waals surface area contributed by atoms with E-state index in [1.165, 1.54) is 4.31 Å². The third kappa shape index (κ3) is 3.34. The van der Waals surface area contributed by atoms with Crippen molar-refractivity contribution < 1.29 is 22.6 Å². The number of benzene rings is 1. The van der Waals surface area contributed by atoms with E-state index in [0.29, 0.717) is 36.4 Å². The van der Waals surface area contributed by atoms with E-state index in [-0.39, 0.29) is 42.8 Å². The summed E-state index contributed by atoms with van der Waals surface area (Å²) in [5.41, 5.74) is 6.45. The van der Waals surface area contributed by atoms with E-state index in [2.05, 4.69) is 0 Å². The van der Waals surface area contributed by atoms with Crippen LogP contribution >= 0.6 is 12.4 Å². The van der Waals surface area contributed by atoms with Gasteiger partial charge in [0.25, 0.3) is 0 Å². The molecule has 136 valence electrons. The molecule has 1 aromatic rings. The average molecular weight is 379 g/mol. The number of fused-ring (bicyclic) bond motifs is 1. The number of piperidine rings is 1. The van der Waals surface area contributed by atoms with Crippen molar-refractivity contribution in [3.63, 3.8) is 0 Å². The van der Waals surface area contributed by atoms with Crippen molar-refractivity contribution in [3.05, 3.63) is 17.7 Å². The monoisotopic (exact) mass is 378 g/mol. The molecule has 2 atom stereocenters. The van der Waals surface area contributed by atoms with Crippen molar-refractivity contribution in [2.24, 2.45) is 5.73 Å². The minimum absolute atomic E-state index is 0. The Morgan fingerprint density at radius 2 is 2.00 bits per heavy atom. The van der Waals surface area contributed by atoms with Gasteiger partial charge in [0, 0.05) is 32.3 Å². The third-order valence-electron chi connectivity index (χ3n) is 4.48. The molecule has 1 saturated heterocycles. The van der Waals surface area contributed by atoms with Crippen LogP contribution in [0.25, 0.3) is 0 Å². The second-order valence-electron chi connectivity index (χ2n) is 5.86. The normalized spacial score (nSPS) is 23.8. The van der Waals surface area contributed by atoms with E-state index in [1.54, 1.807) is 26.2 Å². The number of aryl methyl sites for hydroxylation is 1. The van der Waals surface area contributed by atoms with Crippen LogP contribution in [-0.4, -0.2) is 51.9 Å². The zero-order valence-corrected chi connectivity index (χ0v) is 15.4. The lowest BCUT2D eigenvalue weighted by atomic mass is 10.0. The van der Waals surface area contributed by atoms with Gasteiger partial charge in [-0.05, 0) is 31.4 Å². The standard InChI is InChI=1S/C15H22N2O5S.ClH/c1-10-5-13-14(22-9-21-13)7-15(10)23(18,19)17-4-3-12(20-2)6-11(17)8-16;/h5,7,11-12H,3-4,6,8-9,16H2,1-2H3;1H. The highest BCUT2D eigenvalue weighted by Gasteiger charge is 2.37. The van der Waals surface area contributed by atoms with Crippen molar-refractivity contribution in [1.82, 2.24) is 4.31 Å². The summed E-state index contributed by atoms with van der Waals surface area (Å²) in [6.45, 7) is 2.54. The smallest absolute Gasteiger partial charge is 0.243 e. The third-order valence-corrected chi connectivity index (χ3v) is 6.57. The predicted molar refractivity (Wildman–Crippen MR) is 91.3 cm³/mol. The highest BCUT2D eigenvalue weighted by molar-refractivity contribution is 7.89. The number of sulfonamides is 1. The molecule has 24 heavy (non-hydrogen) atoms. The number of methoxy groups -OCH3 is 1. The summed E-state index contributed by atoms with van der Waals surface area (Å²) >= 11 is 0. The van der Waals surface area contributed by atoms with Crippen LogP contribution in [-0.2, 0) is 14.8 Å². The number of halogens is 1. The fourth-order valence-electron chi connectivity index (χ4n) is 3.17. The number of ether oxygens (including phenoxy) is 3. The Hall–Kier alpha value is -1.06. The fourth-order valence-corrected chi connectivity index (χ4v) is 5.05. The Labute approximate surface area is 148 Å². The number of nitrogens with zero attached hydrogens (tertiary/aromatic N) is 1. The number of rotatable bonds is 4. The van der Waals surface area contributed by atoms with Crippen LogP contribution in [0, 0.1) is 6.92 Å². The largest absolute Gasteiger partial charge is 0.454 e. The second-order valence-corrected chi connectivity index (χ2v) is 7.72. The number of nitrogens with two attached hydrogens (primary N) is 1. The van der Waals surface area contributed by atoms with Gasteiger partial charge in [0.15, 0.2) is 11.5 Å². The van der Waals surface area contributed by atoms with E-state index in [1.807, 2.05) is 0 Å². The molecule has 2 aliphatic heterocycles. The molecule has 0 bridgehead atoms. The lowest BCUT2D eigenvalue weighted by molar-refractivity contribution is 0.0401. The molecule has 0 spiro atoms. The Bertz CT molecular complexity index is 697. The molecule has 2 aliphatic rings. The molecular weight excluding hydrogens is 356 g/mol. The van der Waals surface area contributed by atoms with Gasteiger partial charge < -0.3 is 19.9 Å². The molecule has 2 heterocycles. The van der Waals surface area contributed by atoms with Crippen molar-refractivity contribution >= 4 is 22.4 Å². The van der Waals surface area contributed by atoms with E-state index >= 15 is 0 Å². The van der Waals surface area contributed by atoms with Crippen LogP contribution in [0.5, 0.6) is 11.5 Å². The summed E-state index contributed by atoms with van der Waals surface area (Å²) in [6.07, 6.45) is 1.32. The quantitative estimate of drug-likeness (QED) is 0.848. The summed E-state index contributed by atoms with van der Waals surface area (Å²) < 4.78 is 43.7. The van der Waals surface area contributed by atoms with Gasteiger partial charge in [0.1, 0.15) is 0 Å². The zero-order chi connectivity index (χ0) is 16.6. The topological polar surface area (TPSA) is 91.1 Å². The van der Waals surface area contributed by atoms with Crippen LogP contribution in [0.4, 0.5) is 0 Å². The number of hydrogen-bond acceptors (Lipinski definition) is 6. The SMILES string of the molecule is COC1CCN(S(=O)(=O)c2cc3c(cc2C)OCO3)C(CN)C1.Cl. The van der Waals surface area contributed by atoms with Crippen LogP contribution < -0.4 is 15.2 Å². The summed E-state index contributed by atoms with van der Waals surface area (Å²) in [4.78, 5) is 0.246. The van der Waals surface area contributed by atoms with Crippen LogP contribution in [0.2, 0.25) is 0 Å². The summed E-state index contributed by atoms with van der Waals surface area (Å²) in [7, 11) is -2.00. The molecule has 0 aromatic heterocycles. The molecule has 1 aromatic carbocycles. The first-order valence-corrected chi connectivity index (χ1v) is 9.06. The van der Waals surface area contributed by atoms with Gasteiger partial charge in [0.05, 0.1) is 11.0 Å². The zero-order valence-electron chi connectivity index (χ0n) is 13.7. The van der Waals surface area contributed by atoms with Gasteiger partial charge in [-0.2, -0.15) is 4.31 Å². The molecule has 0 aliphatic carbocycles. The Balaban J connectivity index is 0.00000208. The van der Waals surface area contributed by atoms with Crippen LogP contribution in [0.1, 0.15) is 18.4 Å². The summed E-state index contributed by atoms with van der Waals surface area (Å²) in [6, 6.07) is 2.99. The van der Waals surface area contributed by atoms with Gasteiger partial charge in [0.2, 0.25) is 16.8 Å². The van der Waals surface area contributed by atoms with Gasteiger partial charge in [-0.15, -0.1) is 12.4 Å². The first kappa shape index (κ1) is 19.3. The van der Waals surface area contributed by atoms with Gasteiger partial charge in [-0.3, -0.25) is 0 Å². The molecule has 1 fully saturated rings. The summed E-state index contributed by atoms with van der Waals surface area (Å²) in [5.74, 6) is 1.04. The van der Waals surface area contributed by atoms with Crippen LogP contribution in [0.15, 0.2) is 17.0 Å². The second kappa shape index (κ2) is 7.45. The molecule has 9 heteroatoms. The van der Waals surface area contributed by atoms with E-state index in [9.17, 15) is 8.42 Å². The highest BCUT2D eigenvalue weighted by atomic mass is 35.5. The van der Waals surface area contributed by atoms with Gasteiger partial charge in [-0.1, -0.05) is 0 Å². The van der Waals surface area contributed by atoms with Crippen molar-refractivity contribution in [2.45, 2.75) is 36.8 Å². The predicted octanol–water partition coefficient (Wildman–Crippen LogP) is 1.27. The lowest BCUT2D eigenvalue weighted by Gasteiger charge is -2.37. The first-order valence-electron chi connectivity index (χ1n) is 7.62. The van der Waals surface area contributed by atoms with Gasteiger partial charge >= 0.3 is 0 Å². The minimum atomic E-state index is -3.64. The van der Waals surface area contributed by atoms with E-state index < -0.39 is 10.0 Å². The molecule has 3 rings (SSSR count). The molecule has 2 N–H and O–H groups in total. The van der Waals surface area contributed by atoms with E-state index in [0.717, 1.165) is 0 Å². The maximum atomic E-state index is 13.1. The molecular formula is C15H23ClN2O5S. The Morgan fingerprint density at radius 1 is 1.33 bits per heavy atom. The Morgan fingerprint density at radius 3 is 2.62 bits per heavy atom. The molecule has 0 amide bonds. The van der Waals surface area contributed by atoms with E-state index in [4.69, 9.17) is 19.9 Å². The lowest BCUT2D eigenvalue weighted by Crippen LogP contribution is -2.51. The van der Waals surface area contributed by atoms with Crippen molar-refractivity contribution in [1.29, 1.82) is 0 Å². The van der Waals surface area contributed by atoms with Crippen LogP contribution in [0.3, 0.4) is 0 Å². The molecule has 0 saturated carbocycles. The van der Waals surface area contributed by atoms with Crippen molar-refractivity contribution in [2.75, 3.05) is 27.0 Å². The molecule has 7 nitrogen and oxygen atoms in total. The fraction of sp³-hybridized carbons (Fsp3) is 0.600. The molecule has 0 radical (unpaired) electrons. The Kier molecular flexibility index (Phi) is 5.98. The maximum absolute atomic E-state index is 13.1. The minimum Gasteiger partial charge on any atom is -0.454 e. The average Bonchev–Trinajstić information content (AvgIpc) is 3.00.